The molecule has 2 unspecified atom stereocenters. The van der Waals surface area contributed by atoms with Crippen LogP contribution in [0.25, 0.3) is 0 Å². The molecule has 2 N–H and O–H groups in total. The summed E-state index contributed by atoms with van der Waals surface area (Å²) in [6, 6.07) is 0.428. The van der Waals surface area contributed by atoms with Gasteiger partial charge in [-0.1, -0.05) is 13.8 Å². The first-order chi connectivity index (χ1) is 7.08. The van der Waals surface area contributed by atoms with Gasteiger partial charge >= 0.3 is 0 Å². The maximum absolute atomic E-state index is 11.6. The van der Waals surface area contributed by atoms with Crippen LogP contribution < -0.4 is 10.6 Å². The van der Waals surface area contributed by atoms with E-state index in [-0.39, 0.29) is 5.91 Å². The maximum atomic E-state index is 11.6. The number of amides is 1. The summed E-state index contributed by atoms with van der Waals surface area (Å²) in [5.41, 5.74) is 0.471. The molecule has 1 heterocycles. The second-order valence-corrected chi connectivity index (χ2v) is 5.69. The van der Waals surface area contributed by atoms with Crippen LogP contribution in [0.5, 0.6) is 0 Å². The second kappa shape index (κ2) is 4.12. The number of hydrogen-bond donors (Lipinski definition) is 2. The Morgan fingerprint density at radius 2 is 2.27 bits per heavy atom. The summed E-state index contributed by atoms with van der Waals surface area (Å²) in [7, 11) is 0. The van der Waals surface area contributed by atoms with Crippen molar-refractivity contribution in [3.63, 3.8) is 0 Å². The van der Waals surface area contributed by atoms with E-state index in [9.17, 15) is 4.79 Å². The summed E-state index contributed by atoms with van der Waals surface area (Å²) < 4.78 is 0. The van der Waals surface area contributed by atoms with Crippen LogP contribution in [-0.4, -0.2) is 25.0 Å². The molecule has 0 aromatic heterocycles. The van der Waals surface area contributed by atoms with Crippen molar-refractivity contribution in [3.8, 4) is 0 Å². The maximum Gasteiger partial charge on any atom is 0.221 e. The molecule has 2 atom stereocenters. The predicted molar refractivity (Wildman–Crippen MR) is 60.5 cm³/mol. The molecule has 0 aromatic rings. The number of carbonyl (C=O) groups excluding carboxylic acids is 1. The molecule has 0 spiro atoms. The Hall–Kier alpha value is -0.570. The van der Waals surface area contributed by atoms with Gasteiger partial charge in [-0.25, -0.2) is 0 Å². The van der Waals surface area contributed by atoms with Gasteiger partial charge < -0.3 is 10.6 Å². The Morgan fingerprint density at radius 1 is 1.53 bits per heavy atom. The quantitative estimate of drug-likeness (QED) is 0.734. The molecule has 1 saturated carbocycles. The van der Waals surface area contributed by atoms with E-state index in [1.807, 2.05) is 0 Å². The van der Waals surface area contributed by atoms with Crippen LogP contribution in [0.3, 0.4) is 0 Å². The fraction of sp³-hybridized carbons (Fsp3) is 0.917. The molecular formula is C12H22N2O. The Labute approximate surface area is 92.0 Å². The van der Waals surface area contributed by atoms with Crippen molar-refractivity contribution in [2.24, 2.45) is 11.3 Å². The molecular weight excluding hydrogens is 188 g/mol. The molecule has 1 aliphatic carbocycles. The van der Waals surface area contributed by atoms with Gasteiger partial charge in [-0.3, -0.25) is 4.79 Å². The molecule has 1 amide bonds. The summed E-state index contributed by atoms with van der Waals surface area (Å²) in [5.74, 6) is 0.926. The van der Waals surface area contributed by atoms with E-state index in [1.54, 1.807) is 0 Å². The average molecular weight is 210 g/mol. The van der Waals surface area contributed by atoms with Gasteiger partial charge in [0.05, 0.1) is 0 Å². The van der Waals surface area contributed by atoms with Crippen LogP contribution in [-0.2, 0) is 4.79 Å². The van der Waals surface area contributed by atoms with E-state index < -0.39 is 0 Å². The van der Waals surface area contributed by atoms with Crippen LogP contribution in [0.2, 0.25) is 0 Å². The molecule has 2 fully saturated rings. The van der Waals surface area contributed by atoms with Gasteiger partial charge in [0, 0.05) is 19.0 Å². The third-order valence-corrected chi connectivity index (χ3v) is 3.86. The predicted octanol–water partition coefficient (Wildman–Crippen LogP) is 1.29. The van der Waals surface area contributed by atoms with Gasteiger partial charge in [-0.15, -0.1) is 0 Å². The lowest BCUT2D eigenvalue weighted by Crippen LogP contribution is -2.33. The fourth-order valence-electron chi connectivity index (χ4n) is 2.39. The highest BCUT2D eigenvalue weighted by atomic mass is 16.1. The summed E-state index contributed by atoms with van der Waals surface area (Å²) in [6.07, 6.45) is 4.29. The average Bonchev–Trinajstić information content (AvgIpc) is 2.62. The van der Waals surface area contributed by atoms with Gasteiger partial charge in [0.15, 0.2) is 0 Å². The summed E-state index contributed by atoms with van der Waals surface area (Å²) >= 11 is 0. The fourth-order valence-corrected chi connectivity index (χ4v) is 2.39. The molecule has 3 nitrogen and oxygen atoms in total. The first kappa shape index (κ1) is 10.9. The van der Waals surface area contributed by atoms with Crippen LogP contribution >= 0.6 is 0 Å². The van der Waals surface area contributed by atoms with Gasteiger partial charge in [-0.2, -0.15) is 0 Å². The zero-order chi connectivity index (χ0) is 10.9. The van der Waals surface area contributed by atoms with Gasteiger partial charge in [0.2, 0.25) is 5.91 Å². The molecule has 0 bridgehead atoms. The summed E-state index contributed by atoms with van der Waals surface area (Å²) in [5, 5.41) is 6.39. The normalized spacial score (nSPS) is 32.7. The van der Waals surface area contributed by atoms with E-state index in [2.05, 4.69) is 24.5 Å². The first-order valence-corrected chi connectivity index (χ1v) is 6.08. The Balaban J connectivity index is 1.61. The third-order valence-electron chi connectivity index (χ3n) is 3.86. The summed E-state index contributed by atoms with van der Waals surface area (Å²) in [4.78, 5) is 11.6. The lowest BCUT2D eigenvalue weighted by Gasteiger charge is -2.10. The first-order valence-electron chi connectivity index (χ1n) is 6.08. The van der Waals surface area contributed by atoms with Crippen LogP contribution in [0.4, 0.5) is 0 Å². The standard InChI is InChI=1S/C12H22N2O/c1-12(2)7-9(12)8-14-11(15)6-10-4-3-5-13-10/h9-10,13H,3-8H2,1-2H3,(H,14,15). The van der Waals surface area contributed by atoms with Crippen molar-refractivity contribution in [2.45, 2.75) is 45.6 Å². The van der Waals surface area contributed by atoms with Gasteiger partial charge in [-0.05, 0) is 37.1 Å². The molecule has 2 aliphatic rings. The zero-order valence-electron chi connectivity index (χ0n) is 9.81. The smallest absolute Gasteiger partial charge is 0.221 e. The van der Waals surface area contributed by atoms with Gasteiger partial charge in [0.25, 0.3) is 0 Å². The van der Waals surface area contributed by atoms with Crippen molar-refractivity contribution in [1.82, 2.24) is 10.6 Å². The van der Waals surface area contributed by atoms with Gasteiger partial charge in [0.1, 0.15) is 0 Å². The molecule has 1 saturated heterocycles. The van der Waals surface area contributed by atoms with E-state index in [0.29, 0.717) is 23.8 Å². The minimum Gasteiger partial charge on any atom is -0.356 e. The minimum atomic E-state index is 0.220. The van der Waals surface area contributed by atoms with Crippen molar-refractivity contribution in [3.05, 3.63) is 0 Å². The molecule has 3 heteroatoms. The number of hydrogen-bond acceptors (Lipinski definition) is 2. The minimum absolute atomic E-state index is 0.220. The molecule has 2 rings (SSSR count). The molecule has 0 radical (unpaired) electrons. The highest BCUT2D eigenvalue weighted by Crippen LogP contribution is 2.50. The van der Waals surface area contributed by atoms with Crippen LogP contribution in [0.15, 0.2) is 0 Å². The Kier molecular flexibility index (Phi) is 3.01. The number of nitrogens with one attached hydrogen (secondary N) is 2. The van der Waals surface area contributed by atoms with E-state index in [4.69, 9.17) is 0 Å². The van der Waals surface area contributed by atoms with Crippen LogP contribution in [0.1, 0.15) is 39.5 Å². The highest BCUT2D eigenvalue weighted by molar-refractivity contribution is 5.76. The lowest BCUT2D eigenvalue weighted by molar-refractivity contribution is -0.121. The second-order valence-electron chi connectivity index (χ2n) is 5.69. The van der Waals surface area contributed by atoms with Crippen molar-refractivity contribution in [2.75, 3.05) is 13.1 Å². The van der Waals surface area contributed by atoms with Crippen molar-refractivity contribution < 1.29 is 4.79 Å². The van der Waals surface area contributed by atoms with E-state index >= 15 is 0 Å². The molecule has 86 valence electrons. The lowest BCUT2D eigenvalue weighted by atomic mass is 10.1. The molecule has 1 aliphatic heterocycles. The van der Waals surface area contributed by atoms with Crippen LogP contribution in [0, 0.1) is 11.3 Å². The summed E-state index contributed by atoms with van der Waals surface area (Å²) in [6.45, 7) is 6.48. The third kappa shape index (κ3) is 2.94. The monoisotopic (exact) mass is 210 g/mol. The van der Waals surface area contributed by atoms with E-state index in [0.717, 1.165) is 19.5 Å². The molecule has 15 heavy (non-hydrogen) atoms. The SMILES string of the molecule is CC1(C)CC1CNC(=O)CC1CCCN1. The topological polar surface area (TPSA) is 41.1 Å². The van der Waals surface area contributed by atoms with E-state index in [1.165, 1.54) is 12.8 Å². The number of rotatable bonds is 4. The number of carbonyl (C=O) groups is 1. The molecule has 0 aromatic carbocycles. The Morgan fingerprint density at radius 3 is 2.80 bits per heavy atom. The largest absolute Gasteiger partial charge is 0.356 e. The Bertz CT molecular complexity index is 244. The zero-order valence-corrected chi connectivity index (χ0v) is 9.81. The van der Waals surface area contributed by atoms with Crippen molar-refractivity contribution in [1.29, 1.82) is 0 Å². The highest BCUT2D eigenvalue weighted by Gasteiger charge is 2.45. The van der Waals surface area contributed by atoms with Crippen molar-refractivity contribution >= 4 is 5.91 Å².